The largest absolute Gasteiger partial charge is 0.384 e. The monoisotopic (exact) mass is 263 g/mol. The Morgan fingerprint density at radius 3 is 2.68 bits per heavy atom. The van der Waals surface area contributed by atoms with Gasteiger partial charge in [-0.1, -0.05) is 6.92 Å². The molecule has 0 aliphatic carbocycles. The highest BCUT2D eigenvalue weighted by Gasteiger charge is 2.19. The number of aromatic nitrogens is 2. The normalized spacial score (nSPS) is 17.6. The van der Waals surface area contributed by atoms with Crippen molar-refractivity contribution in [1.82, 2.24) is 14.9 Å². The van der Waals surface area contributed by atoms with Crippen LogP contribution < -0.4 is 10.6 Å². The van der Waals surface area contributed by atoms with Gasteiger partial charge in [-0.3, -0.25) is 0 Å². The predicted octanol–water partition coefficient (Wildman–Crippen LogP) is 1.40. The molecule has 0 unspecified atom stereocenters. The van der Waals surface area contributed by atoms with E-state index in [2.05, 4.69) is 40.8 Å². The molecule has 2 heterocycles. The Hall–Kier alpha value is -1.36. The van der Waals surface area contributed by atoms with E-state index >= 15 is 0 Å². The molecule has 106 valence electrons. The number of nitrogen functional groups attached to an aromatic ring is 1. The molecule has 2 rings (SSSR count). The molecule has 0 spiro atoms. The van der Waals surface area contributed by atoms with Crippen molar-refractivity contribution < 1.29 is 0 Å². The highest BCUT2D eigenvalue weighted by molar-refractivity contribution is 5.46. The zero-order valence-electron chi connectivity index (χ0n) is 12.3. The third-order valence-corrected chi connectivity index (χ3v) is 3.86. The summed E-state index contributed by atoms with van der Waals surface area (Å²) in [6.07, 6.45) is 3.35. The fourth-order valence-electron chi connectivity index (χ4n) is 2.58. The molecule has 0 aromatic carbocycles. The van der Waals surface area contributed by atoms with Crippen LogP contribution in [0.4, 0.5) is 11.6 Å². The summed E-state index contributed by atoms with van der Waals surface area (Å²) in [7, 11) is 4.29. The summed E-state index contributed by atoms with van der Waals surface area (Å²) < 4.78 is 0. The Balaban J connectivity index is 1.99. The molecule has 19 heavy (non-hydrogen) atoms. The topological polar surface area (TPSA) is 58.3 Å². The van der Waals surface area contributed by atoms with Crippen molar-refractivity contribution in [2.75, 3.05) is 44.4 Å². The molecule has 5 heteroatoms. The van der Waals surface area contributed by atoms with Gasteiger partial charge in [-0.25, -0.2) is 9.97 Å². The van der Waals surface area contributed by atoms with Crippen LogP contribution in [0.2, 0.25) is 0 Å². The van der Waals surface area contributed by atoms with Gasteiger partial charge in [0.2, 0.25) is 0 Å². The minimum atomic E-state index is 0.567. The van der Waals surface area contributed by atoms with Crippen LogP contribution in [0.3, 0.4) is 0 Å². The van der Waals surface area contributed by atoms with Crippen molar-refractivity contribution in [2.45, 2.75) is 26.2 Å². The Morgan fingerprint density at radius 1 is 1.37 bits per heavy atom. The SMILES string of the molecule is CCc1nc(N)cc(N(C)CC2CCN(C)CC2)n1. The maximum Gasteiger partial charge on any atom is 0.134 e. The smallest absolute Gasteiger partial charge is 0.134 e. The molecule has 1 aromatic heterocycles. The van der Waals surface area contributed by atoms with Gasteiger partial charge in [0.15, 0.2) is 0 Å². The molecule has 0 radical (unpaired) electrons. The van der Waals surface area contributed by atoms with Gasteiger partial charge in [-0.2, -0.15) is 0 Å². The van der Waals surface area contributed by atoms with Gasteiger partial charge in [-0.05, 0) is 38.9 Å². The van der Waals surface area contributed by atoms with Gasteiger partial charge in [0.1, 0.15) is 17.5 Å². The first-order chi connectivity index (χ1) is 9.08. The van der Waals surface area contributed by atoms with E-state index in [-0.39, 0.29) is 0 Å². The average Bonchev–Trinajstić information content (AvgIpc) is 2.40. The molecule has 2 N–H and O–H groups in total. The van der Waals surface area contributed by atoms with Crippen LogP contribution in [0.25, 0.3) is 0 Å². The Morgan fingerprint density at radius 2 is 2.05 bits per heavy atom. The summed E-state index contributed by atoms with van der Waals surface area (Å²) in [6, 6.07) is 1.87. The highest BCUT2D eigenvalue weighted by Crippen LogP contribution is 2.20. The number of nitrogens with two attached hydrogens (primary N) is 1. The number of piperidine rings is 1. The van der Waals surface area contributed by atoms with Gasteiger partial charge in [0.25, 0.3) is 0 Å². The quantitative estimate of drug-likeness (QED) is 0.890. The summed E-state index contributed by atoms with van der Waals surface area (Å²) in [6.45, 7) is 5.50. The third kappa shape index (κ3) is 3.80. The van der Waals surface area contributed by atoms with E-state index in [0.717, 1.165) is 30.5 Å². The Labute approximate surface area is 115 Å². The molecule has 5 nitrogen and oxygen atoms in total. The molecule has 0 amide bonds. The number of rotatable bonds is 4. The van der Waals surface area contributed by atoms with Crippen molar-refractivity contribution in [3.63, 3.8) is 0 Å². The van der Waals surface area contributed by atoms with E-state index < -0.39 is 0 Å². The van der Waals surface area contributed by atoms with Crippen molar-refractivity contribution in [2.24, 2.45) is 5.92 Å². The number of nitrogens with zero attached hydrogens (tertiary/aromatic N) is 4. The fourth-order valence-corrected chi connectivity index (χ4v) is 2.58. The zero-order chi connectivity index (χ0) is 13.8. The molecule has 1 aliphatic heterocycles. The van der Waals surface area contributed by atoms with Crippen LogP contribution in [0.1, 0.15) is 25.6 Å². The molecule has 1 fully saturated rings. The molecular weight excluding hydrogens is 238 g/mol. The van der Waals surface area contributed by atoms with Crippen molar-refractivity contribution in [3.05, 3.63) is 11.9 Å². The summed E-state index contributed by atoms with van der Waals surface area (Å²) in [5.41, 5.74) is 5.84. The lowest BCUT2D eigenvalue weighted by Gasteiger charge is -2.32. The van der Waals surface area contributed by atoms with E-state index in [1.807, 2.05) is 6.07 Å². The zero-order valence-corrected chi connectivity index (χ0v) is 12.3. The van der Waals surface area contributed by atoms with Crippen LogP contribution >= 0.6 is 0 Å². The lowest BCUT2D eigenvalue weighted by Crippen LogP contribution is -2.36. The van der Waals surface area contributed by atoms with E-state index in [1.54, 1.807) is 0 Å². The first-order valence-corrected chi connectivity index (χ1v) is 7.11. The predicted molar refractivity (Wildman–Crippen MR) is 79.3 cm³/mol. The maximum absolute atomic E-state index is 5.84. The number of likely N-dealkylation sites (tertiary alicyclic amines) is 1. The maximum atomic E-state index is 5.84. The van der Waals surface area contributed by atoms with E-state index in [0.29, 0.717) is 5.82 Å². The number of aryl methyl sites for hydroxylation is 1. The molecule has 0 saturated carbocycles. The summed E-state index contributed by atoms with van der Waals surface area (Å²) in [5.74, 6) is 3.09. The van der Waals surface area contributed by atoms with Crippen molar-refractivity contribution >= 4 is 11.6 Å². The highest BCUT2D eigenvalue weighted by atomic mass is 15.2. The van der Waals surface area contributed by atoms with Gasteiger partial charge >= 0.3 is 0 Å². The molecule has 1 saturated heterocycles. The van der Waals surface area contributed by atoms with E-state index in [9.17, 15) is 0 Å². The minimum Gasteiger partial charge on any atom is -0.384 e. The molecule has 0 atom stereocenters. The van der Waals surface area contributed by atoms with Crippen LogP contribution in [0.5, 0.6) is 0 Å². The van der Waals surface area contributed by atoms with Crippen molar-refractivity contribution in [1.29, 1.82) is 0 Å². The van der Waals surface area contributed by atoms with Gasteiger partial charge in [0.05, 0.1) is 0 Å². The van der Waals surface area contributed by atoms with Gasteiger partial charge in [0, 0.05) is 26.1 Å². The fraction of sp³-hybridized carbons (Fsp3) is 0.714. The lowest BCUT2D eigenvalue weighted by molar-refractivity contribution is 0.222. The first kappa shape index (κ1) is 14.1. The first-order valence-electron chi connectivity index (χ1n) is 7.11. The molecular formula is C14H25N5. The second-order valence-corrected chi connectivity index (χ2v) is 5.55. The summed E-state index contributed by atoms with van der Waals surface area (Å²) >= 11 is 0. The molecule has 1 aromatic rings. The summed E-state index contributed by atoms with van der Waals surface area (Å²) in [4.78, 5) is 13.4. The van der Waals surface area contributed by atoms with Crippen LogP contribution in [-0.2, 0) is 6.42 Å². The minimum absolute atomic E-state index is 0.567. The second-order valence-electron chi connectivity index (χ2n) is 5.55. The van der Waals surface area contributed by atoms with Crippen LogP contribution in [0, 0.1) is 5.92 Å². The van der Waals surface area contributed by atoms with Crippen molar-refractivity contribution in [3.8, 4) is 0 Å². The number of hydrogen-bond acceptors (Lipinski definition) is 5. The van der Waals surface area contributed by atoms with E-state index in [4.69, 9.17) is 5.73 Å². The van der Waals surface area contributed by atoms with Gasteiger partial charge in [-0.15, -0.1) is 0 Å². The van der Waals surface area contributed by atoms with Crippen LogP contribution in [0.15, 0.2) is 6.07 Å². The number of anilines is 2. The third-order valence-electron chi connectivity index (χ3n) is 3.86. The molecule has 0 bridgehead atoms. The second kappa shape index (κ2) is 6.19. The standard InChI is InChI=1S/C14H25N5/c1-4-13-16-12(15)9-14(17-13)19(3)10-11-5-7-18(2)8-6-11/h9,11H,4-8,10H2,1-3H3,(H2,15,16,17). The van der Waals surface area contributed by atoms with E-state index in [1.165, 1.54) is 25.9 Å². The lowest BCUT2D eigenvalue weighted by atomic mass is 9.97. The average molecular weight is 263 g/mol. The Kier molecular flexibility index (Phi) is 4.58. The summed E-state index contributed by atoms with van der Waals surface area (Å²) in [5, 5.41) is 0. The van der Waals surface area contributed by atoms with Crippen LogP contribution in [-0.4, -0.2) is 48.6 Å². The molecule has 1 aliphatic rings. The number of hydrogen-bond donors (Lipinski definition) is 1. The van der Waals surface area contributed by atoms with Gasteiger partial charge < -0.3 is 15.5 Å². The Bertz CT molecular complexity index is 412.